The first-order chi connectivity index (χ1) is 14.7. The Hall–Kier alpha value is -2.28. The van der Waals surface area contributed by atoms with E-state index in [2.05, 4.69) is 4.90 Å². The number of rotatable bonds is 4. The van der Waals surface area contributed by atoms with E-state index in [1.807, 2.05) is 45.6 Å². The molecule has 2 aliphatic rings. The van der Waals surface area contributed by atoms with E-state index >= 15 is 0 Å². The fourth-order valence-electron chi connectivity index (χ4n) is 3.93. The van der Waals surface area contributed by atoms with Gasteiger partial charge in [-0.05, 0) is 51.8 Å². The first-order valence-electron chi connectivity index (χ1n) is 11.3. The summed E-state index contributed by atoms with van der Waals surface area (Å²) in [5, 5.41) is 0. The van der Waals surface area contributed by atoms with E-state index in [-0.39, 0.29) is 12.1 Å². The van der Waals surface area contributed by atoms with Gasteiger partial charge in [0.15, 0.2) is 0 Å². The number of piperazine rings is 1. The molecule has 7 nitrogen and oxygen atoms in total. The molecule has 2 heterocycles. The van der Waals surface area contributed by atoms with Crippen LogP contribution < -0.4 is 4.74 Å². The number of fused-ring (bicyclic) bond motifs is 1. The van der Waals surface area contributed by atoms with Gasteiger partial charge in [-0.3, -0.25) is 4.90 Å². The summed E-state index contributed by atoms with van der Waals surface area (Å²) in [5.74, 6) is 0.754. The van der Waals surface area contributed by atoms with Gasteiger partial charge in [0.2, 0.25) is 0 Å². The van der Waals surface area contributed by atoms with Crippen LogP contribution in [0.3, 0.4) is 0 Å². The number of amides is 1. The first-order valence-corrected chi connectivity index (χ1v) is 11.3. The van der Waals surface area contributed by atoms with Gasteiger partial charge in [-0.15, -0.1) is 0 Å². The number of methoxy groups -OCH3 is 1. The number of benzene rings is 1. The largest absolute Gasteiger partial charge is 0.493 e. The maximum Gasteiger partial charge on any atom is 0.410 e. The summed E-state index contributed by atoms with van der Waals surface area (Å²) in [6.45, 7) is 13.5. The molecule has 1 aromatic rings. The maximum atomic E-state index is 12.3. The van der Waals surface area contributed by atoms with Crippen molar-refractivity contribution in [2.75, 3.05) is 39.9 Å². The zero-order valence-electron chi connectivity index (χ0n) is 19.8. The van der Waals surface area contributed by atoms with Crippen molar-refractivity contribution in [1.82, 2.24) is 9.80 Å². The quantitative estimate of drug-likeness (QED) is 0.662. The van der Waals surface area contributed by atoms with Crippen LogP contribution in [0.25, 0.3) is 0 Å². The lowest BCUT2D eigenvalue weighted by atomic mass is 9.91. The van der Waals surface area contributed by atoms with Gasteiger partial charge in [0, 0.05) is 38.1 Å². The molecule has 2 aliphatic heterocycles. The van der Waals surface area contributed by atoms with Crippen LogP contribution in [-0.4, -0.2) is 73.4 Å². The highest BCUT2D eigenvalue weighted by Gasteiger charge is 2.35. The molecule has 0 aliphatic carbocycles. The van der Waals surface area contributed by atoms with E-state index < -0.39 is 5.60 Å². The Labute approximate surface area is 186 Å². The van der Waals surface area contributed by atoms with Crippen molar-refractivity contribution in [1.29, 1.82) is 0 Å². The van der Waals surface area contributed by atoms with Crippen LogP contribution in [0.1, 0.15) is 57.8 Å². The molecule has 2 fully saturated rings. The second-order valence-corrected chi connectivity index (χ2v) is 8.85. The van der Waals surface area contributed by atoms with Crippen LogP contribution in [0, 0.1) is 5.92 Å². The smallest absolute Gasteiger partial charge is 0.410 e. The van der Waals surface area contributed by atoms with E-state index in [9.17, 15) is 9.59 Å². The van der Waals surface area contributed by atoms with E-state index in [0.717, 1.165) is 32.5 Å². The molecule has 7 heteroatoms. The van der Waals surface area contributed by atoms with Crippen molar-refractivity contribution in [3.05, 3.63) is 29.8 Å². The Bertz CT molecular complexity index is 731. The number of piperidine rings is 1. The lowest BCUT2D eigenvalue weighted by Gasteiger charge is -2.46. The monoisotopic (exact) mass is 434 g/mol. The van der Waals surface area contributed by atoms with Gasteiger partial charge < -0.3 is 19.1 Å². The number of carbonyl (C=O) groups is 2. The molecular weight excluding hydrogens is 396 g/mol. The van der Waals surface area contributed by atoms with Crippen molar-refractivity contribution < 1.29 is 23.8 Å². The highest BCUT2D eigenvalue weighted by atomic mass is 16.6. The molecule has 31 heavy (non-hydrogen) atoms. The summed E-state index contributed by atoms with van der Waals surface area (Å²) < 4.78 is 16.2. The number of hydrogen-bond donors (Lipinski definition) is 0. The van der Waals surface area contributed by atoms with Crippen molar-refractivity contribution in [3.63, 3.8) is 0 Å². The van der Waals surface area contributed by atoms with Gasteiger partial charge in [0.05, 0.1) is 19.3 Å². The van der Waals surface area contributed by atoms with Crippen LogP contribution in [0.2, 0.25) is 0 Å². The van der Waals surface area contributed by atoms with Crippen LogP contribution in [0.5, 0.6) is 5.75 Å². The molecule has 0 aromatic heterocycles. The minimum Gasteiger partial charge on any atom is -0.493 e. The average molecular weight is 435 g/mol. The van der Waals surface area contributed by atoms with E-state index in [1.165, 1.54) is 7.11 Å². The van der Waals surface area contributed by atoms with Crippen LogP contribution in [-0.2, 0) is 9.47 Å². The van der Waals surface area contributed by atoms with E-state index in [1.54, 1.807) is 18.2 Å². The second-order valence-electron chi connectivity index (χ2n) is 8.85. The third kappa shape index (κ3) is 7.42. The lowest BCUT2D eigenvalue weighted by molar-refractivity contribution is -0.0122. The Morgan fingerprint density at radius 2 is 1.84 bits per heavy atom. The number of hydrogen-bond acceptors (Lipinski definition) is 6. The SMILES string of the molecule is CC.COC(=O)c1cccc(OC[C@H]2CC[C@H]3CN(C(=O)OC(C)(C)C)CCN3C2)c1. The number of carbonyl (C=O) groups excluding carboxylic acids is 2. The van der Waals surface area contributed by atoms with Gasteiger partial charge in [0.1, 0.15) is 11.4 Å². The molecule has 0 N–H and O–H groups in total. The van der Waals surface area contributed by atoms with Gasteiger partial charge in [-0.2, -0.15) is 0 Å². The zero-order chi connectivity index (χ0) is 23.0. The molecular formula is C24H38N2O5. The molecule has 2 atom stereocenters. The zero-order valence-corrected chi connectivity index (χ0v) is 19.8. The lowest BCUT2D eigenvalue weighted by Crippen LogP contribution is -2.58. The van der Waals surface area contributed by atoms with E-state index in [0.29, 0.717) is 36.4 Å². The van der Waals surface area contributed by atoms with Gasteiger partial charge in [-0.25, -0.2) is 9.59 Å². The molecule has 0 unspecified atom stereocenters. The van der Waals surface area contributed by atoms with E-state index in [4.69, 9.17) is 14.2 Å². The molecule has 1 aromatic carbocycles. The third-order valence-electron chi connectivity index (χ3n) is 5.40. The fraction of sp³-hybridized carbons (Fsp3) is 0.667. The topological polar surface area (TPSA) is 68.3 Å². The van der Waals surface area contributed by atoms with Gasteiger partial charge in [-0.1, -0.05) is 19.9 Å². The standard InChI is InChI=1S/C22H32N2O5.C2H6/c1-22(2,3)29-21(26)24-11-10-23-13-16(8-9-18(23)14-24)15-28-19-7-5-6-17(12-19)20(25)27-4;1-2/h5-7,12,16,18H,8-11,13-15H2,1-4H3;1-2H3/t16-,18-;/m0./s1. The van der Waals surface area contributed by atoms with Crippen molar-refractivity contribution in [2.24, 2.45) is 5.92 Å². The second kappa shape index (κ2) is 11.4. The predicted octanol–water partition coefficient (Wildman–Crippen LogP) is 4.21. The average Bonchev–Trinajstić information content (AvgIpc) is 2.77. The molecule has 0 saturated carbocycles. The third-order valence-corrected chi connectivity index (χ3v) is 5.40. The Balaban J connectivity index is 0.00000166. The number of esters is 1. The molecule has 174 valence electrons. The van der Waals surface area contributed by atoms with Crippen molar-refractivity contribution in [2.45, 2.75) is 59.1 Å². The van der Waals surface area contributed by atoms with Crippen LogP contribution >= 0.6 is 0 Å². The van der Waals surface area contributed by atoms with Crippen molar-refractivity contribution in [3.8, 4) is 5.75 Å². The summed E-state index contributed by atoms with van der Waals surface area (Å²) in [6, 6.07) is 7.48. The molecule has 0 bridgehead atoms. The molecule has 1 amide bonds. The molecule has 2 saturated heterocycles. The summed E-state index contributed by atoms with van der Waals surface area (Å²) in [7, 11) is 1.37. The van der Waals surface area contributed by atoms with Crippen LogP contribution in [0.4, 0.5) is 4.79 Å². The van der Waals surface area contributed by atoms with Gasteiger partial charge in [0.25, 0.3) is 0 Å². The van der Waals surface area contributed by atoms with Crippen LogP contribution in [0.15, 0.2) is 24.3 Å². The molecule has 0 radical (unpaired) electrons. The highest BCUT2D eigenvalue weighted by molar-refractivity contribution is 5.89. The Morgan fingerprint density at radius 3 is 2.52 bits per heavy atom. The number of ether oxygens (including phenoxy) is 3. The maximum absolute atomic E-state index is 12.3. The normalized spacial score (nSPS) is 21.3. The number of nitrogens with zero attached hydrogens (tertiary/aromatic N) is 2. The molecule has 3 rings (SSSR count). The summed E-state index contributed by atoms with van der Waals surface area (Å²) in [4.78, 5) is 28.3. The Kier molecular flexibility index (Phi) is 9.16. The minimum atomic E-state index is -0.464. The summed E-state index contributed by atoms with van der Waals surface area (Å²) in [6.07, 6.45) is 1.88. The fourth-order valence-corrected chi connectivity index (χ4v) is 3.93. The highest BCUT2D eigenvalue weighted by Crippen LogP contribution is 2.27. The minimum absolute atomic E-state index is 0.215. The Morgan fingerprint density at radius 1 is 1.10 bits per heavy atom. The summed E-state index contributed by atoms with van der Waals surface area (Å²) >= 11 is 0. The summed E-state index contributed by atoms with van der Waals surface area (Å²) in [5.41, 5.74) is 0.0287. The predicted molar refractivity (Wildman–Crippen MR) is 121 cm³/mol. The van der Waals surface area contributed by atoms with Gasteiger partial charge >= 0.3 is 12.1 Å². The molecule has 0 spiro atoms. The first kappa shape index (κ1) is 25.0. The van der Waals surface area contributed by atoms with Crippen molar-refractivity contribution >= 4 is 12.1 Å².